The lowest BCUT2D eigenvalue weighted by atomic mass is 10.3. The van der Waals surface area contributed by atoms with Crippen molar-refractivity contribution in [2.45, 2.75) is 27.3 Å². The van der Waals surface area contributed by atoms with Gasteiger partial charge in [-0.25, -0.2) is 0 Å². The molecular formula is C17H20N4O6. The molecule has 1 heterocycles. The van der Waals surface area contributed by atoms with Gasteiger partial charge in [0, 0.05) is 5.69 Å². The normalized spacial score (nSPS) is 10.3. The Bertz CT molecular complexity index is 844. The molecule has 0 unspecified atom stereocenters. The van der Waals surface area contributed by atoms with Crippen LogP contribution in [0.4, 0.5) is 11.4 Å². The Morgan fingerprint density at radius 2 is 1.93 bits per heavy atom. The quantitative estimate of drug-likeness (QED) is 0.424. The minimum atomic E-state index is -0.725. The van der Waals surface area contributed by atoms with Gasteiger partial charge in [-0.15, -0.1) is 0 Å². The van der Waals surface area contributed by atoms with E-state index in [1.165, 1.54) is 18.5 Å². The van der Waals surface area contributed by atoms with Crippen molar-refractivity contribution < 1.29 is 24.0 Å². The van der Waals surface area contributed by atoms with Gasteiger partial charge in [0.1, 0.15) is 23.7 Å². The van der Waals surface area contributed by atoms with E-state index in [0.29, 0.717) is 18.0 Å². The third kappa shape index (κ3) is 5.27. The van der Waals surface area contributed by atoms with Crippen LogP contribution in [0.5, 0.6) is 5.75 Å². The van der Waals surface area contributed by atoms with Crippen LogP contribution >= 0.6 is 0 Å². The van der Waals surface area contributed by atoms with Crippen molar-refractivity contribution in [3.8, 4) is 5.75 Å². The fourth-order valence-electron chi connectivity index (χ4n) is 2.42. The molecule has 10 nitrogen and oxygen atoms in total. The van der Waals surface area contributed by atoms with E-state index in [2.05, 4.69) is 10.4 Å². The van der Waals surface area contributed by atoms with E-state index in [9.17, 15) is 19.7 Å². The number of nitrogens with zero attached hydrogens (tertiary/aromatic N) is 3. The van der Waals surface area contributed by atoms with Gasteiger partial charge in [0.2, 0.25) is 0 Å². The van der Waals surface area contributed by atoms with Crippen molar-refractivity contribution in [3.05, 3.63) is 45.8 Å². The molecule has 0 fully saturated rings. The summed E-state index contributed by atoms with van der Waals surface area (Å²) < 4.78 is 11.4. The number of benzene rings is 1. The lowest BCUT2D eigenvalue weighted by Crippen LogP contribution is -2.23. The molecule has 0 aliphatic rings. The second-order valence-electron chi connectivity index (χ2n) is 5.60. The van der Waals surface area contributed by atoms with Crippen LogP contribution in [0.2, 0.25) is 0 Å². The molecule has 144 valence electrons. The Morgan fingerprint density at radius 3 is 2.48 bits per heavy atom. The highest BCUT2D eigenvalue weighted by atomic mass is 16.6. The van der Waals surface area contributed by atoms with Gasteiger partial charge in [0.15, 0.2) is 6.61 Å². The maximum atomic E-state index is 11.9. The van der Waals surface area contributed by atoms with Crippen LogP contribution in [-0.4, -0.2) is 39.8 Å². The maximum absolute atomic E-state index is 11.9. The summed E-state index contributed by atoms with van der Waals surface area (Å²) in [6.45, 7) is 4.58. The van der Waals surface area contributed by atoms with Crippen LogP contribution in [0.25, 0.3) is 0 Å². The first kappa shape index (κ1) is 19.9. The monoisotopic (exact) mass is 376 g/mol. The summed E-state index contributed by atoms with van der Waals surface area (Å²) in [7, 11) is 0. The second-order valence-corrected chi connectivity index (χ2v) is 5.60. The number of carbonyl (C=O) groups is 2. The van der Waals surface area contributed by atoms with Crippen LogP contribution in [0.1, 0.15) is 18.3 Å². The minimum Gasteiger partial charge on any atom is -0.494 e. The highest BCUT2D eigenvalue weighted by Crippen LogP contribution is 2.21. The molecule has 0 aliphatic heterocycles. The minimum absolute atomic E-state index is 0.143. The Balaban J connectivity index is 1.85. The molecule has 1 amide bonds. The van der Waals surface area contributed by atoms with Gasteiger partial charge in [-0.1, -0.05) is 0 Å². The van der Waals surface area contributed by atoms with Gasteiger partial charge in [-0.05, 0) is 45.0 Å². The zero-order valence-corrected chi connectivity index (χ0v) is 15.2. The second kappa shape index (κ2) is 8.79. The summed E-state index contributed by atoms with van der Waals surface area (Å²) in [5.74, 6) is -0.551. The third-order valence-electron chi connectivity index (χ3n) is 3.62. The summed E-state index contributed by atoms with van der Waals surface area (Å²) in [6.07, 6.45) is 0. The Kier molecular flexibility index (Phi) is 6.47. The molecule has 0 saturated carbocycles. The van der Waals surface area contributed by atoms with Crippen molar-refractivity contribution in [2.75, 3.05) is 18.5 Å². The van der Waals surface area contributed by atoms with Crippen molar-refractivity contribution in [3.63, 3.8) is 0 Å². The summed E-state index contributed by atoms with van der Waals surface area (Å²) in [5, 5.41) is 17.5. The first-order valence-electron chi connectivity index (χ1n) is 8.18. The molecule has 27 heavy (non-hydrogen) atoms. The predicted octanol–water partition coefficient (Wildman–Crippen LogP) is 1.99. The molecule has 1 aromatic heterocycles. The van der Waals surface area contributed by atoms with E-state index in [1.54, 1.807) is 24.3 Å². The van der Waals surface area contributed by atoms with Crippen LogP contribution < -0.4 is 10.1 Å². The van der Waals surface area contributed by atoms with E-state index in [-0.39, 0.29) is 23.6 Å². The summed E-state index contributed by atoms with van der Waals surface area (Å²) in [4.78, 5) is 34.2. The van der Waals surface area contributed by atoms with Gasteiger partial charge in [0.25, 0.3) is 5.91 Å². The van der Waals surface area contributed by atoms with Gasteiger partial charge < -0.3 is 14.8 Å². The Hall–Kier alpha value is -3.43. The zero-order chi connectivity index (χ0) is 20.0. The number of anilines is 1. The fourth-order valence-corrected chi connectivity index (χ4v) is 2.42. The van der Waals surface area contributed by atoms with E-state index in [1.807, 2.05) is 6.92 Å². The van der Waals surface area contributed by atoms with E-state index < -0.39 is 23.4 Å². The zero-order valence-electron chi connectivity index (χ0n) is 15.2. The fraction of sp³-hybridized carbons (Fsp3) is 0.353. The molecule has 0 aliphatic carbocycles. The molecule has 0 radical (unpaired) electrons. The summed E-state index contributed by atoms with van der Waals surface area (Å²) in [6, 6.07) is 6.75. The SMILES string of the molecule is CCOc1ccc(NC(=O)COC(=O)Cn2nc(C)c([N+](=O)[O-])c2C)cc1. The molecule has 0 spiro atoms. The summed E-state index contributed by atoms with van der Waals surface area (Å²) >= 11 is 0. The number of aromatic nitrogens is 2. The van der Waals surface area contributed by atoms with Crippen molar-refractivity contribution in [1.29, 1.82) is 0 Å². The van der Waals surface area contributed by atoms with Gasteiger partial charge in [0.05, 0.1) is 11.5 Å². The number of nitrogens with one attached hydrogen (secondary N) is 1. The predicted molar refractivity (Wildman–Crippen MR) is 95.6 cm³/mol. The molecular weight excluding hydrogens is 356 g/mol. The van der Waals surface area contributed by atoms with Crippen molar-refractivity contribution >= 4 is 23.3 Å². The van der Waals surface area contributed by atoms with E-state index in [0.717, 1.165) is 0 Å². The largest absolute Gasteiger partial charge is 0.494 e. The third-order valence-corrected chi connectivity index (χ3v) is 3.62. The lowest BCUT2D eigenvalue weighted by molar-refractivity contribution is -0.386. The molecule has 2 aromatic rings. The molecule has 1 aromatic carbocycles. The number of hydrogen-bond donors (Lipinski definition) is 1. The number of amides is 1. The number of rotatable bonds is 8. The smallest absolute Gasteiger partial charge is 0.328 e. The van der Waals surface area contributed by atoms with Gasteiger partial charge >= 0.3 is 11.7 Å². The van der Waals surface area contributed by atoms with Crippen LogP contribution in [0.15, 0.2) is 24.3 Å². The first-order chi connectivity index (χ1) is 12.8. The average molecular weight is 376 g/mol. The number of nitro groups is 1. The van der Waals surface area contributed by atoms with Crippen LogP contribution in [-0.2, 0) is 20.9 Å². The lowest BCUT2D eigenvalue weighted by Gasteiger charge is -2.08. The van der Waals surface area contributed by atoms with Gasteiger partial charge in [-0.3, -0.25) is 24.4 Å². The number of ether oxygens (including phenoxy) is 2. The Morgan fingerprint density at radius 1 is 1.26 bits per heavy atom. The highest BCUT2D eigenvalue weighted by Gasteiger charge is 2.23. The molecule has 10 heteroatoms. The molecule has 2 rings (SSSR count). The highest BCUT2D eigenvalue weighted by molar-refractivity contribution is 5.92. The maximum Gasteiger partial charge on any atom is 0.328 e. The molecule has 1 N–H and O–H groups in total. The molecule has 0 bridgehead atoms. The molecule has 0 saturated heterocycles. The topological polar surface area (TPSA) is 126 Å². The summed E-state index contributed by atoms with van der Waals surface area (Å²) in [5.41, 5.74) is 0.844. The number of esters is 1. The van der Waals surface area contributed by atoms with E-state index in [4.69, 9.17) is 9.47 Å². The van der Waals surface area contributed by atoms with E-state index >= 15 is 0 Å². The van der Waals surface area contributed by atoms with Crippen molar-refractivity contribution in [2.24, 2.45) is 0 Å². The van der Waals surface area contributed by atoms with Crippen LogP contribution in [0, 0.1) is 24.0 Å². The van der Waals surface area contributed by atoms with Crippen molar-refractivity contribution in [1.82, 2.24) is 9.78 Å². The number of carbonyl (C=O) groups excluding carboxylic acids is 2. The number of hydrogen-bond acceptors (Lipinski definition) is 7. The molecule has 0 atom stereocenters. The first-order valence-corrected chi connectivity index (χ1v) is 8.18. The van der Waals surface area contributed by atoms with Crippen LogP contribution in [0.3, 0.4) is 0 Å². The standard InChI is InChI=1S/C17H20N4O6/c1-4-26-14-7-5-13(6-8-14)18-15(22)10-27-16(23)9-20-12(3)17(21(24)25)11(2)19-20/h5-8H,4,9-10H2,1-3H3,(H,18,22). The average Bonchev–Trinajstić information content (AvgIpc) is 2.88. The van der Waals surface area contributed by atoms with Gasteiger partial charge in [-0.2, -0.15) is 5.10 Å². The Labute approximate surface area is 155 Å². The number of aryl methyl sites for hydroxylation is 1.